The lowest BCUT2D eigenvalue weighted by atomic mass is 10.5. The highest BCUT2D eigenvalue weighted by Crippen LogP contribution is 2.17. The lowest BCUT2D eigenvalue weighted by molar-refractivity contribution is -0.485. The van der Waals surface area contributed by atoms with E-state index in [0.717, 1.165) is 13.8 Å². The maximum Gasteiger partial charge on any atom is 0.298 e. The zero-order valence-electron chi connectivity index (χ0n) is 9.20. The second-order valence-electron chi connectivity index (χ2n) is 3.64. The van der Waals surface area contributed by atoms with Crippen LogP contribution in [-0.2, 0) is 34.5 Å². The van der Waals surface area contributed by atoms with Gasteiger partial charge < -0.3 is 0 Å². The molecule has 0 spiro atoms. The summed E-state index contributed by atoms with van der Waals surface area (Å²) in [6, 6.07) is 0. The van der Waals surface area contributed by atoms with Gasteiger partial charge in [0.2, 0.25) is 4.93 Å². The van der Waals surface area contributed by atoms with Crippen molar-refractivity contribution < 1.29 is 35.6 Å². The molecule has 0 aromatic heterocycles. The summed E-state index contributed by atoms with van der Waals surface area (Å²) in [5, 5.41) is 2.94. The minimum atomic E-state index is -4.56. The molecule has 0 rings (SSSR count). The third kappa shape index (κ3) is 4.31. The van der Waals surface area contributed by atoms with Gasteiger partial charge >= 0.3 is 0 Å². The Balaban J connectivity index is 4.42. The minimum Gasteiger partial charge on any atom is -0.283 e. The van der Waals surface area contributed by atoms with Crippen LogP contribution < -0.4 is 0 Å². The van der Waals surface area contributed by atoms with Crippen LogP contribution in [0.5, 0.6) is 0 Å². The van der Waals surface area contributed by atoms with Gasteiger partial charge in [0, 0.05) is 0 Å². The zero-order chi connectivity index (χ0) is 13.2. The van der Waals surface area contributed by atoms with E-state index in [0.29, 0.717) is 0 Å². The van der Waals surface area contributed by atoms with Crippen LogP contribution >= 0.6 is 0 Å². The lowest BCUT2D eigenvalue weighted by Gasteiger charge is -2.18. The van der Waals surface area contributed by atoms with Crippen LogP contribution in [0.15, 0.2) is 0 Å². The van der Waals surface area contributed by atoms with Gasteiger partial charge in [0.15, 0.2) is 0 Å². The van der Waals surface area contributed by atoms with E-state index in [4.69, 9.17) is 4.55 Å². The molecule has 98 valence electrons. The predicted octanol–water partition coefficient (Wildman–Crippen LogP) is 0.228. The summed E-state index contributed by atoms with van der Waals surface area (Å²) in [5.74, 6) is 0. The summed E-state index contributed by atoms with van der Waals surface area (Å²) in [6.07, 6.45) is 0. The van der Waals surface area contributed by atoms with Gasteiger partial charge in [0.25, 0.3) is 20.2 Å². The van der Waals surface area contributed by atoms with Crippen LogP contribution in [0.4, 0.5) is 0 Å². The number of hydrogen-bond donors (Lipinski definition) is 1. The fraction of sp³-hybridized carbons (Fsp3) is 1.00. The molecule has 0 saturated heterocycles. The summed E-state index contributed by atoms with van der Waals surface area (Å²) in [4.78, 5) is 2.00. The molecular formula is C6H14O8S2. The number of rotatable bonds is 6. The zero-order valence-corrected chi connectivity index (χ0v) is 10.8. The first-order valence-corrected chi connectivity index (χ1v) is 7.06. The Kier molecular flexibility index (Phi) is 4.86. The average Bonchev–Trinajstić information content (AvgIpc) is 2.00. The number of hydrogen-bond acceptors (Lipinski definition) is 7. The van der Waals surface area contributed by atoms with Crippen LogP contribution in [0.1, 0.15) is 27.7 Å². The minimum absolute atomic E-state index is 0.884. The van der Waals surface area contributed by atoms with E-state index in [1.54, 1.807) is 0 Å². The van der Waals surface area contributed by atoms with Gasteiger partial charge in [-0.2, -0.15) is 21.7 Å². The molecule has 0 aliphatic carbocycles. The van der Waals surface area contributed by atoms with E-state index in [9.17, 15) is 16.8 Å². The third-order valence-corrected chi connectivity index (χ3v) is 4.27. The molecule has 0 heterocycles. The van der Waals surface area contributed by atoms with E-state index in [1.807, 2.05) is 0 Å². The van der Waals surface area contributed by atoms with Crippen LogP contribution in [0.25, 0.3) is 0 Å². The molecule has 10 heteroatoms. The van der Waals surface area contributed by atoms with Gasteiger partial charge in [-0.3, -0.25) is 4.55 Å². The molecule has 0 aromatic rings. The van der Waals surface area contributed by atoms with Gasteiger partial charge in [-0.25, -0.2) is 0 Å². The van der Waals surface area contributed by atoms with Crippen molar-refractivity contribution in [3.63, 3.8) is 0 Å². The first-order valence-electron chi connectivity index (χ1n) is 4.15. The molecule has 8 nitrogen and oxygen atoms in total. The van der Waals surface area contributed by atoms with E-state index in [-0.39, 0.29) is 0 Å². The highest BCUT2D eigenvalue weighted by molar-refractivity contribution is 7.87. The summed E-state index contributed by atoms with van der Waals surface area (Å²) >= 11 is 0. The quantitative estimate of drug-likeness (QED) is 0.417. The smallest absolute Gasteiger partial charge is 0.283 e. The Morgan fingerprint density at radius 1 is 1.12 bits per heavy atom. The molecule has 0 aromatic carbocycles. The van der Waals surface area contributed by atoms with Crippen molar-refractivity contribution in [3.05, 3.63) is 0 Å². The monoisotopic (exact) mass is 278 g/mol. The van der Waals surface area contributed by atoms with Crippen molar-refractivity contribution in [2.45, 2.75) is 37.9 Å². The molecular weight excluding hydrogens is 264 g/mol. The fourth-order valence-electron chi connectivity index (χ4n) is 0.256. The highest BCUT2D eigenvalue weighted by atomic mass is 32.2. The Morgan fingerprint density at radius 2 is 1.56 bits per heavy atom. The lowest BCUT2D eigenvalue weighted by Crippen LogP contribution is -2.35. The second kappa shape index (κ2) is 4.94. The first kappa shape index (κ1) is 15.7. The van der Waals surface area contributed by atoms with Crippen molar-refractivity contribution in [3.8, 4) is 0 Å². The molecule has 0 unspecified atom stereocenters. The van der Waals surface area contributed by atoms with Crippen molar-refractivity contribution in [1.82, 2.24) is 0 Å². The van der Waals surface area contributed by atoms with E-state index >= 15 is 0 Å². The van der Waals surface area contributed by atoms with Gasteiger partial charge in [0.05, 0.1) is 5.25 Å². The SMILES string of the molecule is CC(C)S(=O)(=O)OOOC(C)(C)S(=O)(=O)O. The summed E-state index contributed by atoms with van der Waals surface area (Å²) < 4.78 is 56.0. The van der Waals surface area contributed by atoms with Gasteiger partial charge in [-0.05, 0) is 32.7 Å². The molecule has 0 saturated carbocycles. The fourth-order valence-corrected chi connectivity index (χ4v) is 0.632. The Hall–Kier alpha value is -0.260. The van der Waals surface area contributed by atoms with Crippen molar-refractivity contribution in [2.75, 3.05) is 0 Å². The summed E-state index contributed by atoms with van der Waals surface area (Å²) in [5.41, 5.74) is 0. The van der Waals surface area contributed by atoms with Crippen LogP contribution in [0, 0.1) is 0 Å². The standard InChI is InChI=1S/C6H14O8S2/c1-5(2)15(7,8)14-13-12-6(3,4)16(9,10)11/h5H,1-4H3,(H,9,10,11). The van der Waals surface area contributed by atoms with Gasteiger partial charge in [0.1, 0.15) is 0 Å². The highest BCUT2D eigenvalue weighted by Gasteiger charge is 2.36. The molecule has 0 radical (unpaired) electrons. The molecule has 1 N–H and O–H groups in total. The van der Waals surface area contributed by atoms with Gasteiger partial charge in [-0.15, -0.1) is 0 Å². The molecule has 0 aliphatic rings. The Bertz CT molecular complexity index is 417. The normalized spacial score (nSPS) is 14.4. The van der Waals surface area contributed by atoms with E-state index in [2.05, 4.69) is 14.3 Å². The van der Waals surface area contributed by atoms with Crippen molar-refractivity contribution in [2.24, 2.45) is 0 Å². The largest absolute Gasteiger partial charge is 0.298 e. The molecule has 16 heavy (non-hydrogen) atoms. The first-order chi connectivity index (χ1) is 6.90. The summed E-state index contributed by atoms with van der Waals surface area (Å²) in [7, 11) is -8.55. The van der Waals surface area contributed by atoms with E-state index < -0.39 is 30.4 Å². The third-order valence-electron chi connectivity index (χ3n) is 1.56. The van der Waals surface area contributed by atoms with Crippen molar-refractivity contribution in [1.29, 1.82) is 0 Å². The molecule has 0 bridgehead atoms. The average molecular weight is 278 g/mol. The Morgan fingerprint density at radius 3 is 1.88 bits per heavy atom. The predicted molar refractivity (Wildman–Crippen MR) is 52.9 cm³/mol. The van der Waals surface area contributed by atoms with Crippen molar-refractivity contribution >= 4 is 20.2 Å². The molecule has 0 aliphatic heterocycles. The van der Waals surface area contributed by atoms with Crippen LogP contribution in [-0.4, -0.2) is 31.6 Å². The maximum atomic E-state index is 11.0. The topological polar surface area (TPSA) is 116 Å². The van der Waals surface area contributed by atoms with E-state index in [1.165, 1.54) is 13.8 Å². The molecule has 0 atom stereocenters. The summed E-state index contributed by atoms with van der Waals surface area (Å²) in [6.45, 7) is 4.56. The van der Waals surface area contributed by atoms with Crippen LogP contribution in [0.2, 0.25) is 0 Å². The second-order valence-corrected chi connectivity index (χ2v) is 7.63. The Labute approximate surface area is 94.2 Å². The maximum absolute atomic E-state index is 11.0. The molecule has 0 fully saturated rings. The molecule has 0 amide bonds. The van der Waals surface area contributed by atoms with Crippen LogP contribution in [0.3, 0.4) is 0 Å². The van der Waals surface area contributed by atoms with Gasteiger partial charge in [-0.1, -0.05) is 4.33 Å².